The minimum absolute atomic E-state index is 0.538. The molecule has 0 unspecified atom stereocenters. The second-order valence-electron chi connectivity index (χ2n) is 2.21. The Hall–Kier alpha value is -0.870. The maximum atomic E-state index is 5.73. The van der Waals surface area contributed by atoms with Crippen LogP contribution in [0, 0.1) is 0 Å². The number of thioether (sulfide) groups is 1. The standard InChI is InChI=1S/C8H12N2OS/c1-11-6-2-3-8(12-5-9)7(10)4-6/h2-4H,5,9-10H2,1H3. The summed E-state index contributed by atoms with van der Waals surface area (Å²) < 4.78 is 5.01. The topological polar surface area (TPSA) is 61.3 Å². The van der Waals surface area contributed by atoms with Gasteiger partial charge in [0.15, 0.2) is 0 Å². The summed E-state index contributed by atoms with van der Waals surface area (Å²) in [6, 6.07) is 5.57. The van der Waals surface area contributed by atoms with Crippen LogP contribution in [0.4, 0.5) is 5.69 Å². The fourth-order valence-corrected chi connectivity index (χ4v) is 1.44. The zero-order valence-corrected chi connectivity index (χ0v) is 7.73. The lowest BCUT2D eigenvalue weighted by atomic mass is 10.3. The van der Waals surface area contributed by atoms with Crippen LogP contribution in [0.15, 0.2) is 23.1 Å². The van der Waals surface area contributed by atoms with Gasteiger partial charge >= 0.3 is 0 Å². The molecule has 3 nitrogen and oxygen atoms in total. The van der Waals surface area contributed by atoms with Crippen molar-refractivity contribution < 1.29 is 4.74 Å². The second-order valence-corrected chi connectivity index (χ2v) is 3.28. The Labute approximate surface area is 76.1 Å². The lowest BCUT2D eigenvalue weighted by Crippen LogP contribution is -1.95. The molecule has 4 heteroatoms. The van der Waals surface area contributed by atoms with Crippen molar-refractivity contribution in [3.8, 4) is 5.75 Å². The van der Waals surface area contributed by atoms with Gasteiger partial charge in [0, 0.05) is 22.5 Å². The third kappa shape index (κ3) is 2.06. The molecule has 0 amide bonds. The number of hydrogen-bond donors (Lipinski definition) is 2. The molecule has 0 spiro atoms. The second kappa shape index (κ2) is 4.23. The molecule has 0 radical (unpaired) electrons. The molecule has 0 fully saturated rings. The first-order valence-electron chi connectivity index (χ1n) is 3.54. The van der Waals surface area contributed by atoms with Crippen LogP contribution >= 0.6 is 11.8 Å². The molecular formula is C8H12N2OS. The largest absolute Gasteiger partial charge is 0.497 e. The third-order valence-electron chi connectivity index (χ3n) is 1.46. The van der Waals surface area contributed by atoms with Gasteiger partial charge in [-0.25, -0.2) is 0 Å². The van der Waals surface area contributed by atoms with E-state index in [1.807, 2.05) is 12.1 Å². The highest BCUT2D eigenvalue weighted by Gasteiger charge is 1.99. The molecule has 0 bridgehead atoms. The number of methoxy groups -OCH3 is 1. The van der Waals surface area contributed by atoms with Crippen LogP contribution in [-0.2, 0) is 0 Å². The lowest BCUT2D eigenvalue weighted by molar-refractivity contribution is 0.415. The number of hydrogen-bond acceptors (Lipinski definition) is 4. The van der Waals surface area contributed by atoms with Gasteiger partial charge in [-0.3, -0.25) is 0 Å². The number of ether oxygens (including phenoxy) is 1. The molecule has 0 heterocycles. The van der Waals surface area contributed by atoms with Gasteiger partial charge in [0.1, 0.15) is 5.75 Å². The van der Waals surface area contributed by atoms with Crippen LogP contribution in [0.3, 0.4) is 0 Å². The number of nitrogens with two attached hydrogens (primary N) is 2. The normalized spacial score (nSPS) is 9.83. The highest BCUT2D eigenvalue weighted by molar-refractivity contribution is 7.99. The zero-order chi connectivity index (χ0) is 8.97. The summed E-state index contributed by atoms with van der Waals surface area (Å²) in [5.74, 6) is 1.31. The van der Waals surface area contributed by atoms with E-state index >= 15 is 0 Å². The predicted molar refractivity (Wildman–Crippen MR) is 52.3 cm³/mol. The molecule has 0 aliphatic carbocycles. The van der Waals surface area contributed by atoms with Crippen molar-refractivity contribution in [3.63, 3.8) is 0 Å². The van der Waals surface area contributed by atoms with Crippen molar-refractivity contribution in [1.29, 1.82) is 0 Å². The molecule has 0 aromatic heterocycles. The van der Waals surface area contributed by atoms with Crippen molar-refractivity contribution in [2.24, 2.45) is 5.73 Å². The minimum Gasteiger partial charge on any atom is -0.497 e. The van der Waals surface area contributed by atoms with Gasteiger partial charge in [0.25, 0.3) is 0 Å². The Balaban J connectivity index is 2.87. The summed E-state index contributed by atoms with van der Waals surface area (Å²) >= 11 is 1.52. The Kier molecular flexibility index (Phi) is 3.25. The van der Waals surface area contributed by atoms with Gasteiger partial charge in [-0.2, -0.15) is 0 Å². The van der Waals surface area contributed by atoms with E-state index in [2.05, 4.69) is 0 Å². The highest BCUT2D eigenvalue weighted by Crippen LogP contribution is 2.27. The van der Waals surface area contributed by atoms with Crippen molar-refractivity contribution in [2.75, 3.05) is 18.7 Å². The van der Waals surface area contributed by atoms with Crippen LogP contribution in [0.2, 0.25) is 0 Å². The molecule has 4 N–H and O–H groups in total. The van der Waals surface area contributed by atoms with Crippen molar-refractivity contribution in [3.05, 3.63) is 18.2 Å². The average molecular weight is 184 g/mol. The van der Waals surface area contributed by atoms with Crippen LogP contribution in [0.25, 0.3) is 0 Å². The smallest absolute Gasteiger partial charge is 0.120 e. The average Bonchev–Trinajstić information content (AvgIpc) is 2.09. The number of benzene rings is 1. The van der Waals surface area contributed by atoms with Gasteiger partial charge in [0.05, 0.1) is 7.11 Å². The van der Waals surface area contributed by atoms with Crippen LogP contribution in [0.1, 0.15) is 0 Å². The molecule has 1 rings (SSSR count). The maximum absolute atomic E-state index is 5.73. The van der Waals surface area contributed by atoms with Crippen molar-refractivity contribution in [1.82, 2.24) is 0 Å². The van der Waals surface area contributed by atoms with Gasteiger partial charge < -0.3 is 16.2 Å². The molecule has 0 aliphatic rings. The fraction of sp³-hybridized carbons (Fsp3) is 0.250. The first kappa shape index (κ1) is 9.22. The summed E-state index contributed by atoms with van der Waals surface area (Å²) in [5.41, 5.74) is 11.8. The summed E-state index contributed by atoms with van der Waals surface area (Å²) in [7, 11) is 1.62. The van der Waals surface area contributed by atoms with Crippen molar-refractivity contribution >= 4 is 17.4 Å². The Morgan fingerprint density at radius 3 is 2.75 bits per heavy atom. The predicted octanol–water partition coefficient (Wildman–Crippen LogP) is 1.29. The molecule has 0 aliphatic heterocycles. The van der Waals surface area contributed by atoms with E-state index in [4.69, 9.17) is 16.2 Å². The summed E-state index contributed by atoms with van der Waals surface area (Å²) in [6.45, 7) is 0. The highest BCUT2D eigenvalue weighted by atomic mass is 32.2. The first-order valence-corrected chi connectivity index (χ1v) is 4.53. The zero-order valence-electron chi connectivity index (χ0n) is 6.91. The van der Waals surface area contributed by atoms with Crippen LogP contribution in [-0.4, -0.2) is 13.0 Å². The Morgan fingerprint density at radius 2 is 2.25 bits per heavy atom. The molecule has 1 aromatic carbocycles. The fourth-order valence-electron chi connectivity index (χ4n) is 0.875. The number of rotatable bonds is 3. The molecular weight excluding hydrogens is 172 g/mol. The summed E-state index contributed by atoms with van der Waals surface area (Å²) in [4.78, 5) is 0.998. The summed E-state index contributed by atoms with van der Waals surface area (Å²) in [5, 5.41) is 0. The van der Waals surface area contributed by atoms with Gasteiger partial charge in [-0.05, 0) is 12.1 Å². The molecule has 1 aromatic rings. The Morgan fingerprint density at radius 1 is 1.50 bits per heavy atom. The van der Waals surface area contributed by atoms with E-state index in [1.54, 1.807) is 13.2 Å². The van der Waals surface area contributed by atoms with E-state index in [0.717, 1.165) is 10.6 Å². The molecule has 12 heavy (non-hydrogen) atoms. The molecule has 0 saturated carbocycles. The van der Waals surface area contributed by atoms with E-state index in [-0.39, 0.29) is 0 Å². The SMILES string of the molecule is COc1ccc(SCN)c(N)c1. The minimum atomic E-state index is 0.538. The maximum Gasteiger partial charge on any atom is 0.120 e. The van der Waals surface area contributed by atoms with Crippen LogP contribution < -0.4 is 16.2 Å². The molecule has 0 saturated heterocycles. The monoisotopic (exact) mass is 184 g/mol. The van der Waals surface area contributed by atoms with E-state index < -0.39 is 0 Å². The lowest BCUT2D eigenvalue weighted by Gasteiger charge is -2.05. The van der Waals surface area contributed by atoms with Crippen molar-refractivity contribution in [2.45, 2.75) is 4.90 Å². The third-order valence-corrected chi connectivity index (χ3v) is 2.31. The van der Waals surface area contributed by atoms with Crippen LogP contribution in [0.5, 0.6) is 5.75 Å². The van der Waals surface area contributed by atoms with E-state index in [0.29, 0.717) is 11.6 Å². The van der Waals surface area contributed by atoms with E-state index in [1.165, 1.54) is 11.8 Å². The van der Waals surface area contributed by atoms with Gasteiger partial charge in [-0.1, -0.05) is 0 Å². The molecule has 0 atom stereocenters. The van der Waals surface area contributed by atoms with Gasteiger partial charge in [0.2, 0.25) is 0 Å². The molecule has 66 valence electrons. The van der Waals surface area contributed by atoms with E-state index in [9.17, 15) is 0 Å². The Bertz CT molecular complexity index is 265. The number of anilines is 1. The summed E-state index contributed by atoms with van der Waals surface area (Å²) in [6.07, 6.45) is 0. The first-order chi connectivity index (χ1) is 5.77. The number of nitrogen functional groups attached to an aromatic ring is 1. The van der Waals surface area contributed by atoms with Gasteiger partial charge in [-0.15, -0.1) is 11.8 Å². The quantitative estimate of drug-likeness (QED) is 0.422.